The summed E-state index contributed by atoms with van der Waals surface area (Å²) in [4.78, 5) is 23.3. The van der Waals surface area contributed by atoms with Gasteiger partial charge in [-0.05, 0) is 49.9 Å². The SMILES string of the molecule is O=C(NC1CCC(C(=O)O)CC1)c1cnn(-c2ccc(Cl)cc2)c1. The molecular weight excluding hydrogens is 330 g/mol. The van der Waals surface area contributed by atoms with Gasteiger partial charge in [0.25, 0.3) is 5.91 Å². The number of hydrogen-bond donors (Lipinski definition) is 2. The van der Waals surface area contributed by atoms with E-state index in [1.165, 1.54) is 6.20 Å². The molecule has 1 saturated carbocycles. The van der Waals surface area contributed by atoms with Crippen LogP contribution in [0.5, 0.6) is 0 Å². The highest BCUT2D eigenvalue weighted by Gasteiger charge is 2.27. The van der Waals surface area contributed by atoms with Gasteiger partial charge in [-0.2, -0.15) is 5.10 Å². The molecule has 0 atom stereocenters. The van der Waals surface area contributed by atoms with Gasteiger partial charge in [0, 0.05) is 17.3 Å². The van der Waals surface area contributed by atoms with Crippen LogP contribution in [0.2, 0.25) is 5.02 Å². The van der Waals surface area contributed by atoms with Crippen molar-refractivity contribution in [3.8, 4) is 5.69 Å². The number of amides is 1. The van der Waals surface area contributed by atoms with Gasteiger partial charge in [-0.1, -0.05) is 11.6 Å². The Labute approximate surface area is 144 Å². The third-order valence-electron chi connectivity index (χ3n) is 4.35. The molecule has 7 heteroatoms. The molecule has 1 aromatic carbocycles. The van der Waals surface area contributed by atoms with Crippen molar-refractivity contribution in [3.63, 3.8) is 0 Å². The van der Waals surface area contributed by atoms with Crippen molar-refractivity contribution in [2.24, 2.45) is 5.92 Å². The molecule has 2 aromatic rings. The standard InChI is InChI=1S/C17H18ClN3O3/c18-13-3-7-15(8-4-13)21-10-12(9-19-21)16(22)20-14-5-1-11(2-6-14)17(23)24/h3-4,7-11,14H,1-2,5-6H2,(H,20,22)(H,23,24). The summed E-state index contributed by atoms with van der Waals surface area (Å²) in [6.45, 7) is 0. The van der Waals surface area contributed by atoms with Crippen molar-refractivity contribution < 1.29 is 14.7 Å². The number of aromatic nitrogens is 2. The fraction of sp³-hybridized carbons (Fsp3) is 0.353. The lowest BCUT2D eigenvalue weighted by molar-refractivity contribution is -0.142. The Balaban J connectivity index is 1.60. The van der Waals surface area contributed by atoms with Crippen LogP contribution in [0.3, 0.4) is 0 Å². The first-order valence-corrected chi connectivity index (χ1v) is 8.25. The summed E-state index contributed by atoms with van der Waals surface area (Å²) in [6.07, 6.45) is 5.77. The minimum Gasteiger partial charge on any atom is -0.481 e. The minimum absolute atomic E-state index is 0.0204. The molecule has 1 amide bonds. The molecule has 3 rings (SSSR count). The Morgan fingerprint density at radius 2 is 1.83 bits per heavy atom. The fourth-order valence-electron chi connectivity index (χ4n) is 2.93. The van der Waals surface area contributed by atoms with Crippen molar-refractivity contribution in [3.05, 3.63) is 47.2 Å². The molecule has 1 fully saturated rings. The van der Waals surface area contributed by atoms with Gasteiger partial charge in [-0.15, -0.1) is 0 Å². The average Bonchev–Trinajstić information content (AvgIpc) is 3.06. The number of carboxylic acid groups (broad SMARTS) is 1. The maximum atomic E-state index is 12.3. The van der Waals surface area contributed by atoms with Crippen molar-refractivity contribution in [2.75, 3.05) is 0 Å². The van der Waals surface area contributed by atoms with E-state index in [9.17, 15) is 9.59 Å². The van der Waals surface area contributed by atoms with Crippen LogP contribution in [-0.2, 0) is 4.79 Å². The van der Waals surface area contributed by atoms with Gasteiger partial charge in [0.1, 0.15) is 0 Å². The second kappa shape index (κ2) is 7.05. The summed E-state index contributed by atoms with van der Waals surface area (Å²) in [6, 6.07) is 7.19. The second-order valence-electron chi connectivity index (χ2n) is 6.01. The Kier molecular flexibility index (Phi) is 4.85. The molecule has 1 aromatic heterocycles. The van der Waals surface area contributed by atoms with Crippen LogP contribution in [0, 0.1) is 5.92 Å². The summed E-state index contributed by atoms with van der Waals surface area (Å²) in [7, 11) is 0. The smallest absolute Gasteiger partial charge is 0.306 e. The Bertz CT molecular complexity index is 734. The van der Waals surface area contributed by atoms with Crippen LogP contribution in [0.4, 0.5) is 0 Å². The minimum atomic E-state index is -0.746. The number of carbonyl (C=O) groups is 2. The fourth-order valence-corrected chi connectivity index (χ4v) is 3.05. The van der Waals surface area contributed by atoms with E-state index >= 15 is 0 Å². The Morgan fingerprint density at radius 1 is 1.17 bits per heavy atom. The molecule has 1 heterocycles. The van der Waals surface area contributed by atoms with Crippen LogP contribution in [0.1, 0.15) is 36.0 Å². The molecule has 0 saturated heterocycles. The molecule has 1 aliphatic carbocycles. The zero-order valence-corrected chi connectivity index (χ0v) is 13.7. The van der Waals surface area contributed by atoms with Crippen LogP contribution in [0.25, 0.3) is 5.69 Å². The van der Waals surface area contributed by atoms with E-state index in [2.05, 4.69) is 10.4 Å². The van der Waals surface area contributed by atoms with Gasteiger partial charge in [-0.3, -0.25) is 9.59 Å². The highest BCUT2D eigenvalue weighted by Crippen LogP contribution is 2.24. The summed E-state index contributed by atoms with van der Waals surface area (Å²) in [5.41, 5.74) is 1.30. The lowest BCUT2D eigenvalue weighted by Gasteiger charge is -2.26. The highest BCUT2D eigenvalue weighted by atomic mass is 35.5. The molecule has 24 heavy (non-hydrogen) atoms. The van der Waals surface area contributed by atoms with E-state index in [-0.39, 0.29) is 17.9 Å². The Hall–Kier alpha value is -2.34. The molecular formula is C17H18ClN3O3. The van der Waals surface area contributed by atoms with Crippen molar-refractivity contribution in [2.45, 2.75) is 31.7 Å². The van der Waals surface area contributed by atoms with Crippen LogP contribution in [-0.4, -0.2) is 32.8 Å². The molecule has 1 aliphatic rings. The molecule has 0 bridgehead atoms. The predicted octanol–water partition coefficient (Wildman–Crippen LogP) is 2.90. The first-order valence-electron chi connectivity index (χ1n) is 7.87. The zero-order chi connectivity index (χ0) is 17.1. The highest BCUT2D eigenvalue weighted by molar-refractivity contribution is 6.30. The topological polar surface area (TPSA) is 84.2 Å². The monoisotopic (exact) mass is 347 g/mol. The summed E-state index contributed by atoms with van der Waals surface area (Å²) in [5, 5.41) is 16.8. The summed E-state index contributed by atoms with van der Waals surface area (Å²) in [5.74, 6) is -1.22. The molecule has 0 unspecified atom stereocenters. The number of carboxylic acids is 1. The van der Waals surface area contributed by atoms with E-state index in [4.69, 9.17) is 16.7 Å². The lowest BCUT2D eigenvalue weighted by Crippen LogP contribution is -2.38. The van der Waals surface area contributed by atoms with Crippen LogP contribution in [0.15, 0.2) is 36.7 Å². The van der Waals surface area contributed by atoms with E-state index in [0.717, 1.165) is 5.69 Å². The Morgan fingerprint density at radius 3 is 2.46 bits per heavy atom. The zero-order valence-electron chi connectivity index (χ0n) is 13.0. The van der Waals surface area contributed by atoms with Crippen molar-refractivity contribution in [1.29, 1.82) is 0 Å². The third kappa shape index (κ3) is 3.76. The van der Waals surface area contributed by atoms with E-state index in [0.29, 0.717) is 36.3 Å². The number of rotatable bonds is 4. The number of aliphatic carboxylic acids is 1. The van der Waals surface area contributed by atoms with Gasteiger partial charge in [-0.25, -0.2) is 4.68 Å². The number of nitrogens with one attached hydrogen (secondary N) is 1. The predicted molar refractivity (Wildman–Crippen MR) is 89.4 cm³/mol. The second-order valence-corrected chi connectivity index (χ2v) is 6.45. The van der Waals surface area contributed by atoms with Gasteiger partial charge in [0.15, 0.2) is 0 Å². The molecule has 6 nitrogen and oxygen atoms in total. The van der Waals surface area contributed by atoms with Gasteiger partial charge in [0.2, 0.25) is 0 Å². The van der Waals surface area contributed by atoms with Crippen molar-refractivity contribution >= 4 is 23.5 Å². The molecule has 0 radical (unpaired) electrons. The first kappa shape index (κ1) is 16.5. The van der Waals surface area contributed by atoms with Crippen molar-refractivity contribution in [1.82, 2.24) is 15.1 Å². The molecule has 2 N–H and O–H groups in total. The number of carbonyl (C=O) groups excluding carboxylic acids is 1. The number of nitrogens with zero attached hydrogens (tertiary/aromatic N) is 2. The largest absolute Gasteiger partial charge is 0.481 e. The van der Waals surface area contributed by atoms with Crippen LogP contribution < -0.4 is 5.32 Å². The number of hydrogen-bond acceptors (Lipinski definition) is 3. The number of halogens is 1. The van der Waals surface area contributed by atoms with Crippen LogP contribution >= 0.6 is 11.6 Å². The van der Waals surface area contributed by atoms with Gasteiger partial charge >= 0.3 is 5.97 Å². The van der Waals surface area contributed by atoms with Gasteiger partial charge in [0.05, 0.1) is 23.4 Å². The molecule has 0 spiro atoms. The summed E-state index contributed by atoms with van der Waals surface area (Å²) < 4.78 is 1.62. The normalized spacial score (nSPS) is 20.5. The van der Waals surface area contributed by atoms with E-state index in [1.807, 2.05) is 12.1 Å². The van der Waals surface area contributed by atoms with E-state index < -0.39 is 5.97 Å². The molecule has 0 aliphatic heterocycles. The maximum absolute atomic E-state index is 12.3. The summed E-state index contributed by atoms with van der Waals surface area (Å²) >= 11 is 5.86. The van der Waals surface area contributed by atoms with E-state index in [1.54, 1.807) is 23.0 Å². The lowest BCUT2D eigenvalue weighted by atomic mass is 9.86. The first-order chi connectivity index (χ1) is 11.5. The number of benzene rings is 1. The van der Waals surface area contributed by atoms with Gasteiger partial charge < -0.3 is 10.4 Å². The molecule has 126 valence electrons. The quantitative estimate of drug-likeness (QED) is 0.890. The maximum Gasteiger partial charge on any atom is 0.306 e. The average molecular weight is 348 g/mol. The third-order valence-corrected chi connectivity index (χ3v) is 4.60.